The van der Waals surface area contributed by atoms with Crippen LogP contribution in [0.1, 0.15) is 18.0 Å². The van der Waals surface area contributed by atoms with E-state index in [0.29, 0.717) is 6.61 Å². The van der Waals surface area contributed by atoms with Crippen molar-refractivity contribution in [3.05, 3.63) is 29.8 Å². The van der Waals surface area contributed by atoms with E-state index in [2.05, 4.69) is 5.32 Å². The van der Waals surface area contributed by atoms with E-state index in [1.54, 1.807) is 0 Å². The van der Waals surface area contributed by atoms with Gasteiger partial charge in [0.15, 0.2) is 0 Å². The predicted molar refractivity (Wildman–Crippen MR) is 76.7 cm³/mol. The number of carbonyl (C=O) groups excluding carboxylic acids is 1. The summed E-state index contributed by atoms with van der Waals surface area (Å²) in [6, 6.07) is 8.08. The van der Waals surface area contributed by atoms with Crippen molar-refractivity contribution in [2.75, 3.05) is 31.2 Å². The number of urea groups is 1. The number of nitrogens with one attached hydrogen (secondary N) is 1. The van der Waals surface area contributed by atoms with Gasteiger partial charge in [-0.2, -0.15) is 11.8 Å². The zero-order valence-electron chi connectivity index (χ0n) is 10.8. The van der Waals surface area contributed by atoms with Gasteiger partial charge in [0.1, 0.15) is 5.75 Å². The van der Waals surface area contributed by atoms with Gasteiger partial charge in [-0.15, -0.1) is 0 Å². The van der Waals surface area contributed by atoms with Crippen molar-refractivity contribution < 1.29 is 9.53 Å². The summed E-state index contributed by atoms with van der Waals surface area (Å²) in [4.78, 5) is 14.2. The number of benzene rings is 1. The van der Waals surface area contributed by atoms with Crippen molar-refractivity contribution in [1.82, 2.24) is 10.2 Å². The topological polar surface area (TPSA) is 41.6 Å². The smallest absolute Gasteiger partial charge is 0.317 e. The number of thioether (sulfide) groups is 1. The lowest BCUT2D eigenvalue weighted by molar-refractivity contribution is 0.191. The molecule has 5 heteroatoms. The Kier molecular flexibility index (Phi) is 3.82. The summed E-state index contributed by atoms with van der Waals surface area (Å²) >= 11 is 1.91. The molecule has 2 aliphatic rings. The number of hydrogen-bond acceptors (Lipinski definition) is 3. The second kappa shape index (κ2) is 5.74. The van der Waals surface area contributed by atoms with Crippen LogP contribution in [0.25, 0.3) is 0 Å². The molecule has 4 nitrogen and oxygen atoms in total. The van der Waals surface area contributed by atoms with Gasteiger partial charge in [-0.25, -0.2) is 4.79 Å². The first-order chi connectivity index (χ1) is 9.34. The normalized spacial score (nSPS) is 22.3. The van der Waals surface area contributed by atoms with Gasteiger partial charge >= 0.3 is 6.03 Å². The van der Waals surface area contributed by atoms with Gasteiger partial charge in [-0.05, 0) is 6.07 Å². The fourth-order valence-corrected chi connectivity index (χ4v) is 3.40. The van der Waals surface area contributed by atoms with Crippen LogP contribution in [0.15, 0.2) is 24.3 Å². The summed E-state index contributed by atoms with van der Waals surface area (Å²) in [6.45, 7) is 2.36. The van der Waals surface area contributed by atoms with Gasteiger partial charge in [0.25, 0.3) is 0 Å². The highest BCUT2D eigenvalue weighted by Crippen LogP contribution is 2.31. The molecule has 0 aliphatic carbocycles. The summed E-state index contributed by atoms with van der Waals surface area (Å²) < 4.78 is 5.61. The van der Waals surface area contributed by atoms with Crippen LogP contribution in [0, 0.1) is 0 Å². The van der Waals surface area contributed by atoms with E-state index in [-0.39, 0.29) is 12.1 Å². The largest absolute Gasteiger partial charge is 0.493 e. The molecule has 0 saturated carbocycles. The third kappa shape index (κ3) is 2.81. The minimum atomic E-state index is 0.0574. The van der Waals surface area contributed by atoms with Crippen LogP contribution < -0.4 is 10.1 Å². The Balaban J connectivity index is 1.68. The van der Waals surface area contributed by atoms with Gasteiger partial charge in [0, 0.05) is 36.6 Å². The molecular weight excluding hydrogens is 260 g/mol. The third-order valence-corrected chi connectivity index (χ3v) is 4.50. The van der Waals surface area contributed by atoms with E-state index >= 15 is 0 Å². The molecule has 1 aromatic rings. The molecular formula is C14H18N2O2S. The van der Waals surface area contributed by atoms with Crippen LogP contribution in [-0.4, -0.2) is 42.1 Å². The van der Waals surface area contributed by atoms with Crippen LogP contribution in [0.3, 0.4) is 0 Å². The molecule has 0 aromatic heterocycles. The van der Waals surface area contributed by atoms with Gasteiger partial charge in [0.05, 0.1) is 12.6 Å². The van der Waals surface area contributed by atoms with Gasteiger partial charge in [-0.3, -0.25) is 0 Å². The molecule has 2 heterocycles. The van der Waals surface area contributed by atoms with Crippen LogP contribution in [-0.2, 0) is 0 Å². The molecule has 2 amide bonds. The fourth-order valence-electron chi connectivity index (χ4n) is 2.50. The average molecular weight is 278 g/mol. The SMILES string of the molecule is O=C(NC1CCOc2ccccc21)N1CCSCC1. The Morgan fingerprint density at radius 3 is 2.95 bits per heavy atom. The maximum atomic E-state index is 12.2. The summed E-state index contributed by atoms with van der Waals surface area (Å²) in [5.41, 5.74) is 1.09. The highest BCUT2D eigenvalue weighted by Gasteiger charge is 2.25. The van der Waals surface area contributed by atoms with Gasteiger partial charge in [0.2, 0.25) is 0 Å². The number of rotatable bonds is 1. The lowest BCUT2D eigenvalue weighted by atomic mass is 10.0. The summed E-state index contributed by atoms with van der Waals surface area (Å²) in [5.74, 6) is 2.98. The standard InChI is InChI=1S/C14H18N2O2S/c17-14(16-6-9-19-10-7-16)15-12-5-8-18-13-4-2-1-3-11(12)13/h1-4,12H,5-10H2,(H,15,17). The first kappa shape index (κ1) is 12.7. The molecule has 0 spiro atoms. The molecule has 3 rings (SSSR count). The number of para-hydroxylation sites is 1. The van der Waals surface area contributed by atoms with Crippen molar-refractivity contribution >= 4 is 17.8 Å². The Morgan fingerprint density at radius 1 is 1.32 bits per heavy atom. The highest BCUT2D eigenvalue weighted by atomic mass is 32.2. The molecule has 1 unspecified atom stereocenters. The number of fused-ring (bicyclic) bond motifs is 1. The van der Waals surface area contributed by atoms with E-state index < -0.39 is 0 Å². The summed E-state index contributed by atoms with van der Waals surface area (Å²) in [7, 11) is 0. The zero-order valence-corrected chi connectivity index (χ0v) is 11.6. The molecule has 2 aliphatic heterocycles. The summed E-state index contributed by atoms with van der Waals surface area (Å²) in [6.07, 6.45) is 0.839. The lowest BCUT2D eigenvalue weighted by Gasteiger charge is -2.31. The van der Waals surface area contributed by atoms with Crippen LogP contribution in [0.2, 0.25) is 0 Å². The molecule has 1 N–H and O–H groups in total. The van der Waals surface area contributed by atoms with Gasteiger partial charge < -0.3 is 15.0 Å². The minimum absolute atomic E-state index is 0.0574. The number of hydrogen-bond donors (Lipinski definition) is 1. The van der Waals surface area contributed by atoms with E-state index in [0.717, 1.165) is 42.3 Å². The first-order valence-corrected chi connectivity index (χ1v) is 7.85. The molecule has 0 radical (unpaired) electrons. The zero-order chi connectivity index (χ0) is 13.1. The Labute approximate surface area is 117 Å². The van der Waals surface area contributed by atoms with Crippen molar-refractivity contribution in [3.63, 3.8) is 0 Å². The molecule has 1 saturated heterocycles. The van der Waals surface area contributed by atoms with E-state index in [1.807, 2.05) is 40.9 Å². The maximum absolute atomic E-state index is 12.2. The predicted octanol–water partition coefficient (Wildman–Crippen LogP) is 2.27. The first-order valence-electron chi connectivity index (χ1n) is 6.69. The summed E-state index contributed by atoms with van der Waals surface area (Å²) in [5, 5.41) is 3.14. The average Bonchev–Trinajstić information content (AvgIpc) is 2.48. The Morgan fingerprint density at radius 2 is 2.11 bits per heavy atom. The molecule has 102 valence electrons. The second-order valence-electron chi connectivity index (χ2n) is 4.78. The van der Waals surface area contributed by atoms with E-state index in [9.17, 15) is 4.79 Å². The molecule has 1 atom stereocenters. The van der Waals surface area contributed by atoms with E-state index in [1.165, 1.54) is 0 Å². The van der Waals surface area contributed by atoms with Crippen LogP contribution >= 0.6 is 11.8 Å². The number of nitrogens with zero attached hydrogens (tertiary/aromatic N) is 1. The molecule has 1 aromatic carbocycles. The number of ether oxygens (including phenoxy) is 1. The van der Waals surface area contributed by atoms with E-state index in [4.69, 9.17) is 4.74 Å². The molecule has 19 heavy (non-hydrogen) atoms. The van der Waals surface area contributed by atoms with Crippen molar-refractivity contribution in [2.24, 2.45) is 0 Å². The van der Waals surface area contributed by atoms with Crippen molar-refractivity contribution in [2.45, 2.75) is 12.5 Å². The molecule has 1 fully saturated rings. The Bertz CT molecular complexity index is 461. The quantitative estimate of drug-likeness (QED) is 0.857. The third-order valence-electron chi connectivity index (χ3n) is 3.55. The number of carbonyl (C=O) groups is 1. The number of amides is 2. The Hall–Kier alpha value is -1.36. The van der Waals surface area contributed by atoms with Crippen molar-refractivity contribution in [3.8, 4) is 5.75 Å². The fraction of sp³-hybridized carbons (Fsp3) is 0.500. The minimum Gasteiger partial charge on any atom is -0.493 e. The monoisotopic (exact) mass is 278 g/mol. The highest BCUT2D eigenvalue weighted by molar-refractivity contribution is 7.99. The van der Waals surface area contributed by atoms with Gasteiger partial charge in [-0.1, -0.05) is 18.2 Å². The molecule has 0 bridgehead atoms. The maximum Gasteiger partial charge on any atom is 0.317 e. The lowest BCUT2D eigenvalue weighted by Crippen LogP contribution is -2.46. The van der Waals surface area contributed by atoms with Crippen LogP contribution in [0.5, 0.6) is 5.75 Å². The van der Waals surface area contributed by atoms with Crippen LogP contribution in [0.4, 0.5) is 4.79 Å². The van der Waals surface area contributed by atoms with Crippen molar-refractivity contribution in [1.29, 1.82) is 0 Å². The second-order valence-corrected chi connectivity index (χ2v) is 6.00.